The molecule has 2 aromatic carbocycles. The average molecular weight is 372 g/mol. The molecule has 0 saturated carbocycles. The zero-order valence-electron chi connectivity index (χ0n) is 15.1. The van der Waals surface area contributed by atoms with Gasteiger partial charge >= 0.3 is 0 Å². The Morgan fingerprint density at radius 1 is 1.07 bits per heavy atom. The van der Waals surface area contributed by atoms with Crippen molar-refractivity contribution in [2.45, 2.75) is 32.2 Å². The molecule has 1 atom stereocenters. The summed E-state index contributed by atoms with van der Waals surface area (Å²) in [6.07, 6.45) is 3.49. The smallest absolute Gasteiger partial charge is 0.130 e. The number of fused-ring (bicyclic) bond motifs is 2. The summed E-state index contributed by atoms with van der Waals surface area (Å²) >= 11 is 1.66. The Kier molecular flexibility index (Phi) is 4.09. The Bertz CT molecular complexity index is 1120. The topological polar surface area (TPSA) is 50.7 Å². The highest BCUT2D eigenvalue weighted by Gasteiger charge is 2.20. The molecule has 134 valence electrons. The van der Waals surface area contributed by atoms with Crippen LogP contribution < -0.4 is 5.32 Å². The maximum absolute atomic E-state index is 4.66. The summed E-state index contributed by atoms with van der Waals surface area (Å²) in [5.41, 5.74) is 7.75. The quantitative estimate of drug-likeness (QED) is 0.512. The highest BCUT2D eigenvalue weighted by molar-refractivity contribution is 7.16. The van der Waals surface area contributed by atoms with E-state index in [1.165, 1.54) is 22.2 Å². The minimum atomic E-state index is 0.304. The van der Waals surface area contributed by atoms with Gasteiger partial charge in [0.05, 0.1) is 27.5 Å². The van der Waals surface area contributed by atoms with Crippen molar-refractivity contribution in [3.05, 3.63) is 71.0 Å². The van der Waals surface area contributed by atoms with E-state index in [2.05, 4.69) is 68.8 Å². The molecule has 0 radical (unpaired) electrons. The molecular formula is C22H20N4S. The minimum Gasteiger partial charge on any atom is -0.363 e. The highest BCUT2D eigenvalue weighted by atomic mass is 32.1. The number of nitrogens with zero attached hydrogens (tertiary/aromatic N) is 3. The van der Waals surface area contributed by atoms with E-state index in [1.54, 1.807) is 11.3 Å². The Hall–Kier alpha value is -2.79. The average Bonchev–Trinajstić information content (AvgIpc) is 3.16. The van der Waals surface area contributed by atoms with Crippen molar-refractivity contribution in [1.82, 2.24) is 15.0 Å². The maximum atomic E-state index is 4.66. The molecule has 1 N–H and O–H groups in total. The third-order valence-corrected chi connectivity index (χ3v) is 5.97. The van der Waals surface area contributed by atoms with Crippen LogP contribution in [0, 0.1) is 6.92 Å². The van der Waals surface area contributed by atoms with Crippen molar-refractivity contribution in [2.24, 2.45) is 0 Å². The molecule has 5 heteroatoms. The van der Waals surface area contributed by atoms with Gasteiger partial charge in [0.15, 0.2) is 0 Å². The first-order valence-electron chi connectivity index (χ1n) is 9.30. The van der Waals surface area contributed by atoms with Crippen LogP contribution in [0.1, 0.15) is 35.8 Å². The van der Waals surface area contributed by atoms with E-state index in [9.17, 15) is 0 Å². The molecule has 1 aliphatic carbocycles. The predicted octanol–water partition coefficient (Wildman–Crippen LogP) is 5.55. The number of thiazole rings is 1. The fourth-order valence-corrected chi connectivity index (χ4v) is 4.55. The first-order valence-corrected chi connectivity index (χ1v) is 10.2. The number of rotatable bonds is 3. The summed E-state index contributed by atoms with van der Waals surface area (Å²) in [6, 6.07) is 17.4. The van der Waals surface area contributed by atoms with Gasteiger partial charge in [-0.1, -0.05) is 30.3 Å². The Labute approximate surface area is 162 Å². The van der Waals surface area contributed by atoms with Gasteiger partial charge < -0.3 is 5.32 Å². The fourth-order valence-electron chi connectivity index (χ4n) is 3.89. The molecule has 0 aliphatic heterocycles. The first-order chi connectivity index (χ1) is 13.3. The van der Waals surface area contributed by atoms with Crippen LogP contribution >= 0.6 is 11.3 Å². The number of aromatic nitrogens is 3. The fraction of sp³-hybridized carbons (Fsp3) is 0.227. The van der Waals surface area contributed by atoms with Crippen molar-refractivity contribution in [1.29, 1.82) is 0 Å². The molecule has 2 heterocycles. The third kappa shape index (κ3) is 3.19. The van der Waals surface area contributed by atoms with Gasteiger partial charge in [0.1, 0.15) is 11.6 Å². The number of aryl methyl sites for hydroxylation is 2. The van der Waals surface area contributed by atoms with Gasteiger partial charge in [0, 0.05) is 11.6 Å². The van der Waals surface area contributed by atoms with Gasteiger partial charge in [-0.2, -0.15) is 0 Å². The second-order valence-corrected chi connectivity index (χ2v) is 7.89. The van der Waals surface area contributed by atoms with Crippen LogP contribution in [-0.2, 0) is 6.42 Å². The van der Waals surface area contributed by atoms with E-state index in [-0.39, 0.29) is 0 Å². The van der Waals surface area contributed by atoms with Gasteiger partial charge in [-0.25, -0.2) is 15.0 Å². The molecule has 4 aromatic rings. The van der Waals surface area contributed by atoms with Crippen LogP contribution in [0.4, 0.5) is 5.82 Å². The normalized spacial score (nSPS) is 16.3. The summed E-state index contributed by atoms with van der Waals surface area (Å²) in [6.45, 7) is 1.95. The van der Waals surface area contributed by atoms with Gasteiger partial charge in [-0.05, 0) is 49.4 Å². The van der Waals surface area contributed by atoms with E-state index in [4.69, 9.17) is 0 Å². The van der Waals surface area contributed by atoms with Crippen molar-refractivity contribution in [2.75, 3.05) is 5.32 Å². The van der Waals surface area contributed by atoms with Crippen LogP contribution in [0.25, 0.3) is 21.5 Å². The number of hydrogen-bond donors (Lipinski definition) is 1. The Morgan fingerprint density at radius 3 is 2.96 bits per heavy atom. The second-order valence-electron chi connectivity index (χ2n) is 7.01. The van der Waals surface area contributed by atoms with Crippen LogP contribution in [0.5, 0.6) is 0 Å². The Balaban J connectivity index is 1.49. The summed E-state index contributed by atoms with van der Waals surface area (Å²) in [4.78, 5) is 13.7. The van der Waals surface area contributed by atoms with Crippen LogP contribution in [0.3, 0.4) is 0 Å². The molecule has 0 spiro atoms. The van der Waals surface area contributed by atoms with E-state index in [1.807, 2.05) is 12.4 Å². The largest absolute Gasteiger partial charge is 0.363 e. The van der Waals surface area contributed by atoms with Crippen molar-refractivity contribution >= 4 is 27.4 Å². The lowest BCUT2D eigenvalue weighted by Gasteiger charge is -2.27. The zero-order chi connectivity index (χ0) is 18.2. The van der Waals surface area contributed by atoms with Gasteiger partial charge in [-0.15, -0.1) is 11.3 Å². The minimum absolute atomic E-state index is 0.304. The molecule has 5 rings (SSSR count). The molecule has 1 aliphatic rings. The second kappa shape index (κ2) is 6.74. The van der Waals surface area contributed by atoms with Crippen LogP contribution in [0.2, 0.25) is 0 Å². The monoisotopic (exact) mass is 372 g/mol. The van der Waals surface area contributed by atoms with Gasteiger partial charge in [0.25, 0.3) is 0 Å². The SMILES string of the molecule is Cc1nc(NC2CCCc3ccccc32)cc(-c2ccc3scnc3c2)n1. The van der Waals surface area contributed by atoms with E-state index in [0.29, 0.717) is 6.04 Å². The van der Waals surface area contributed by atoms with Gasteiger partial charge in [-0.3, -0.25) is 0 Å². The summed E-state index contributed by atoms with van der Waals surface area (Å²) < 4.78 is 1.20. The summed E-state index contributed by atoms with van der Waals surface area (Å²) in [5, 5.41) is 3.66. The standard InChI is InChI=1S/C22H20N4S/c1-14-24-19(16-9-10-21-20(11-16)23-13-27-21)12-22(25-14)26-18-8-4-6-15-5-2-3-7-17(15)18/h2-3,5,7,9-13,18H,4,6,8H2,1H3,(H,24,25,26). The lowest BCUT2D eigenvalue weighted by molar-refractivity contribution is 0.598. The highest BCUT2D eigenvalue weighted by Crippen LogP contribution is 2.33. The van der Waals surface area contributed by atoms with E-state index >= 15 is 0 Å². The number of nitrogens with one attached hydrogen (secondary N) is 1. The lowest BCUT2D eigenvalue weighted by Crippen LogP contribution is -2.18. The number of hydrogen-bond acceptors (Lipinski definition) is 5. The molecule has 0 saturated heterocycles. The first kappa shape index (κ1) is 16.4. The summed E-state index contributed by atoms with van der Waals surface area (Å²) in [5.74, 6) is 1.66. The molecular weight excluding hydrogens is 352 g/mol. The predicted molar refractivity (Wildman–Crippen MR) is 111 cm³/mol. The molecule has 27 heavy (non-hydrogen) atoms. The van der Waals surface area contributed by atoms with Gasteiger partial charge in [0.2, 0.25) is 0 Å². The van der Waals surface area contributed by atoms with Crippen LogP contribution in [0.15, 0.2) is 54.0 Å². The molecule has 4 nitrogen and oxygen atoms in total. The third-order valence-electron chi connectivity index (χ3n) is 5.16. The van der Waals surface area contributed by atoms with Crippen molar-refractivity contribution < 1.29 is 0 Å². The zero-order valence-corrected chi connectivity index (χ0v) is 16.0. The molecule has 2 aromatic heterocycles. The maximum Gasteiger partial charge on any atom is 0.130 e. The summed E-state index contributed by atoms with van der Waals surface area (Å²) in [7, 11) is 0. The number of benzene rings is 2. The molecule has 0 fully saturated rings. The number of anilines is 1. The van der Waals surface area contributed by atoms with E-state index in [0.717, 1.165) is 41.3 Å². The molecule has 1 unspecified atom stereocenters. The molecule has 0 bridgehead atoms. The Morgan fingerprint density at radius 2 is 2.00 bits per heavy atom. The van der Waals surface area contributed by atoms with Crippen molar-refractivity contribution in [3.63, 3.8) is 0 Å². The molecule has 0 amide bonds. The van der Waals surface area contributed by atoms with Crippen LogP contribution in [-0.4, -0.2) is 15.0 Å². The van der Waals surface area contributed by atoms with Crippen molar-refractivity contribution in [3.8, 4) is 11.3 Å². The van der Waals surface area contributed by atoms with E-state index < -0.39 is 0 Å². The lowest BCUT2D eigenvalue weighted by atomic mass is 9.88.